The number of carbonyl (C=O) groups is 3. The molecule has 0 aliphatic carbocycles. The highest BCUT2D eigenvalue weighted by Crippen LogP contribution is 2.26. The molecule has 2 aliphatic heterocycles. The number of aromatic nitrogens is 3. The topological polar surface area (TPSA) is 100 Å². The van der Waals surface area contributed by atoms with Gasteiger partial charge in [0.05, 0.1) is 13.1 Å². The summed E-state index contributed by atoms with van der Waals surface area (Å²) in [5.74, 6) is -0.517. The molecule has 5 rings (SSSR count). The van der Waals surface area contributed by atoms with Gasteiger partial charge in [-0.25, -0.2) is 0 Å². The standard InChI is InChI=1S/C26H28N6O3/c33-23-18-31(16-13-28-23)26(35)24-21-17-30(25(34)20-8-11-27-12-9-20)15-10-22(21)32(29-24)14-4-7-19-5-2-1-3-6-19/h1-3,5-6,8-9,11-12H,4,7,10,13-18H2,(H,28,33). The van der Waals surface area contributed by atoms with Gasteiger partial charge in [-0.2, -0.15) is 5.10 Å². The first-order valence-electron chi connectivity index (χ1n) is 12.0. The zero-order chi connectivity index (χ0) is 24.2. The maximum absolute atomic E-state index is 13.4. The van der Waals surface area contributed by atoms with E-state index in [1.54, 1.807) is 34.3 Å². The van der Waals surface area contributed by atoms with E-state index in [0.717, 1.165) is 24.1 Å². The lowest BCUT2D eigenvalue weighted by atomic mass is 10.0. The Balaban J connectivity index is 1.40. The molecule has 3 amide bonds. The molecule has 0 radical (unpaired) electrons. The summed E-state index contributed by atoms with van der Waals surface area (Å²) in [6, 6.07) is 13.7. The van der Waals surface area contributed by atoms with Crippen LogP contribution in [0.15, 0.2) is 54.9 Å². The Morgan fingerprint density at radius 3 is 2.49 bits per heavy atom. The molecule has 0 unspecified atom stereocenters. The van der Waals surface area contributed by atoms with Crippen LogP contribution in [0.25, 0.3) is 0 Å². The van der Waals surface area contributed by atoms with Crippen LogP contribution in [-0.4, -0.2) is 68.5 Å². The average molecular weight is 473 g/mol. The fraction of sp³-hybridized carbons (Fsp3) is 0.346. The van der Waals surface area contributed by atoms with Crippen LogP contribution in [0.2, 0.25) is 0 Å². The largest absolute Gasteiger partial charge is 0.353 e. The predicted octanol–water partition coefficient (Wildman–Crippen LogP) is 1.68. The van der Waals surface area contributed by atoms with Gasteiger partial charge in [-0.15, -0.1) is 0 Å². The summed E-state index contributed by atoms with van der Waals surface area (Å²) in [4.78, 5) is 45.7. The summed E-state index contributed by atoms with van der Waals surface area (Å²) >= 11 is 0. The molecule has 180 valence electrons. The molecular weight excluding hydrogens is 444 g/mol. The predicted molar refractivity (Wildman–Crippen MR) is 129 cm³/mol. The Labute approximate surface area is 203 Å². The van der Waals surface area contributed by atoms with Gasteiger partial charge in [0.15, 0.2) is 5.69 Å². The smallest absolute Gasteiger partial charge is 0.275 e. The summed E-state index contributed by atoms with van der Waals surface area (Å²) in [5, 5.41) is 7.49. The fourth-order valence-electron chi connectivity index (χ4n) is 4.74. The number of rotatable bonds is 6. The lowest BCUT2D eigenvalue weighted by molar-refractivity contribution is -0.123. The molecule has 9 heteroatoms. The Morgan fingerprint density at radius 2 is 1.71 bits per heavy atom. The van der Waals surface area contributed by atoms with Gasteiger partial charge in [-0.1, -0.05) is 30.3 Å². The summed E-state index contributed by atoms with van der Waals surface area (Å²) in [6.45, 7) is 2.45. The lowest BCUT2D eigenvalue weighted by Gasteiger charge is -2.29. The molecule has 35 heavy (non-hydrogen) atoms. The number of amides is 3. The number of nitrogens with zero attached hydrogens (tertiary/aromatic N) is 5. The van der Waals surface area contributed by atoms with Gasteiger partial charge in [-0.3, -0.25) is 24.0 Å². The number of hydrogen-bond acceptors (Lipinski definition) is 5. The third-order valence-corrected chi connectivity index (χ3v) is 6.55. The summed E-state index contributed by atoms with van der Waals surface area (Å²) in [7, 11) is 0. The zero-order valence-electron chi connectivity index (χ0n) is 19.5. The van der Waals surface area contributed by atoms with Crippen molar-refractivity contribution < 1.29 is 14.4 Å². The van der Waals surface area contributed by atoms with E-state index in [0.29, 0.717) is 50.4 Å². The quantitative estimate of drug-likeness (QED) is 0.588. The minimum absolute atomic E-state index is 0.0220. The molecular formula is C26H28N6O3. The number of fused-ring (bicyclic) bond motifs is 1. The average Bonchev–Trinajstić information content (AvgIpc) is 3.26. The summed E-state index contributed by atoms with van der Waals surface area (Å²) < 4.78 is 1.93. The van der Waals surface area contributed by atoms with Crippen molar-refractivity contribution in [2.75, 3.05) is 26.2 Å². The van der Waals surface area contributed by atoms with E-state index in [-0.39, 0.29) is 24.3 Å². The molecule has 1 aromatic carbocycles. The molecule has 1 fully saturated rings. The van der Waals surface area contributed by atoms with Crippen molar-refractivity contribution in [3.8, 4) is 0 Å². The van der Waals surface area contributed by atoms with Crippen LogP contribution in [0.4, 0.5) is 0 Å². The minimum Gasteiger partial charge on any atom is -0.353 e. The van der Waals surface area contributed by atoms with Crippen molar-refractivity contribution in [2.24, 2.45) is 0 Å². The molecule has 4 heterocycles. The Kier molecular flexibility index (Phi) is 6.56. The van der Waals surface area contributed by atoms with Gasteiger partial charge < -0.3 is 15.1 Å². The van der Waals surface area contributed by atoms with Gasteiger partial charge in [-0.05, 0) is 30.5 Å². The van der Waals surface area contributed by atoms with Crippen LogP contribution in [-0.2, 0) is 30.7 Å². The zero-order valence-corrected chi connectivity index (χ0v) is 19.5. The van der Waals surface area contributed by atoms with Crippen molar-refractivity contribution in [3.05, 3.63) is 82.9 Å². The van der Waals surface area contributed by atoms with Gasteiger partial charge >= 0.3 is 0 Å². The van der Waals surface area contributed by atoms with Crippen LogP contribution in [0.5, 0.6) is 0 Å². The van der Waals surface area contributed by atoms with Crippen LogP contribution < -0.4 is 5.32 Å². The number of benzene rings is 1. The Bertz CT molecular complexity index is 1220. The molecule has 0 spiro atoms. The molecule has 1 N–H and O–H groups in total. The summed E-state index contributed by atoms with van der Waals surface area (Å²) in [5.41, 5.74) is 3.97. The van der Waals surface area contributed by atoms with Crippen molar-refractivity contribution in [3.63, 3.8) is 0 Å². The van der Waals surface area contributed by atoms with E-state index in [4.69, 9.17) is 5.10 Å². The van der Waals surface area contributed by atoms with E-state index >= 15 is 0 Å². The second-order valence-corrected chi connectivity index (χ2v) is 8.88. The molecule has 0 atom stereocenters. The molecule has 2 aliphatic rings. The third kappa shape index (κ3) is 4.94. The monoisotopic (exact) mass is 472 g/mol. The number of piperazine rings is 1. The first-order chi connectivity index (χ1) is 17.1. The number of aryl methyl sites for hydroxylation is 2. The van der Waals surface area contributed by atoms with Gasteiger partial charge in [0.25, 0.3) is 11.8 Å². The molecule has 1 saturated heterocycles. The van der Waals surface area contributed by atoms with E-state index < -0.39 is 0 Å². The first kappa shape index (κ1) is 22.8. The highest BCUT2D eigenvalue weighted by Gasteiger charge is 2.33. The van der Waals surface area contributed by atoms with E-state index in [1.807, 2.05) is 22.9 Å². The normalized spacial score (nSPS) is 15.5. The van der Waals surface area contributed by atoms with E-state index in [2.05, 4.69) is 22.4 Å². The highest BCUT2D eigenvalue weighted by molar-refractivity contribution is 5.98. The van der Waals surface area contributed by atoms with Crippen molar-refractivity contribution in [1.29, 1.82) is 0 Å². The number of hydrogen-bond donors (Lipinski definition) is 1. The van der Waals surface area contributed by atoms with Crippen LogP contribution in [0.1, 0.15) is 44.1 Å². The Morgan fingerprint density at radius 1 is 0.943 bits per heavy atom. The highest BCUT2D eigenvalue weighted by atomic mass is 16.2. The first-order valence-corrected chi connectivity index (χ1v) is 12.0. The van der Waals surface area contributed by atoms with E-state index in [9.17, 15) is 14.4 Å². The second kappa shape index (κ2) is 10.1. The van der Waals surface area contributed by atoms with Crippen LogP contribution >= 0.6 is 0 Å². The molecule has 9 nitrogen and oxygen atoms in total. The molecule has 0 bridgehead atoms. The minimum atomic E-state index is -0.254. The fourth-order valence-corrected chi connectivity index (χ4v) is 4.74. The molecule has 0 saturated carbocycles. The van der Waals surface area contributed by atoms with E-state index in [1.165, 1.54) is 5.56 Å². The number of pyridine rings is 1. The van der Waals surface area contributed by atoms with Crippen molar-refractivity contribution >= 4 is 17.7 Å². The van der Waals surface area contributed by atoms with Crippen molar-refractivity contribution in [1.82, 2.24) is 29.9 Å². The molecule has 2 aromatic heterocycles. The van der Waals surface area contributed by atoms with Crippen molar-refractivity contribution in [2.45, 2.75) is 32.4 Å². The summed E-state index contributed by atoms with van der Waals surface area (Å²) in [6.07, 6.45) is 5.63. The third-order valence-electron chi connectivity index (χ3n) is 6.55. The second-order valence-electron chi connectivity index (χ2n) is 8.88. The number of carbonyl (C=O) groups excluding carboxylic acids is 3. The number of nitrogens with one attached hydrogen (secondary N) is 1. The maximum atomic E-state index is 13.4. The lowest BCUT2D eigenvalue weighted by Crippen LogP contribution is -2.50. The van der Waals surface area contributed by atoms with Gasteiger partial charge in [0.1, 0.15) is 0 Å². The van der Waals surface area contributed by atoms with Gasteiger partial charge in [0.2, 0.25) is 5.91 Å². The molecule has 3 aromatic rings. The SMILES string of the molecule is O=C1CN(C(=O)c2nn(CCCc3ccccc3)c3c2CN(C(=O)c2ccncc2)CC3)CCN1. The van der Waals surface area contributed by atoms with Crippen LogP contribution in [0.3, 0.4) is 0 Å². The van der Waals surface area contributed by atoms with Crippen LogP contribution in [0, 0.1) is 0 Å². The van der Waals surface area contributed by atoms with Gasteiger partial charge in [0, 0.05) is 61.8 Å². The maximum Gasteiger partial charge on any atom is 0.275 e. The Hall–Kier alpha value is -4.01.